The Morgan fingerprint density at radius 2 is 1.79 bits per heavy atom. The Kier molecular flexibility index (Phi) is 8.22. The first-order chi connectivity index (χ1) is 18.5. The number of nitrogens with zero attached hydrogens (tertiary/aromatic N) is 2. The van der Waals surface area contributed by atoms with Crippen LogP contribution in [0.2, 0.25) is 0 Å². The van der Waals surface area contributed by atoms with Crippen molar-refractivity contribution in [1.29, 1.82) is 0 Å². The van der Waals surface area contributed by atoms with Crippen molar-refractivity contribution in [2.45, 2.75) is 57.7 Å². The normalized spacial score (nSPS) is 13.6. The van der Waals surface area contributed by atoms with E-state index in [4.69, 9.17) is 9.47 Å². The summed E-state index contributed by atoms with van der Waals surface area (Å²) in [4.78, 5) is 33.9. The molecule has 3 aromatic rings. The van der Waals surface area contributed by atoms with Gasteiger partial charge in [-0.3, -0.25) is 4.79 Å². The lowest BCUT2D eigenvalue weighted by Gasteiger charge is -2.24. The molecule has 0 amide bonds. The summed E-state index contributed by atoms with van der Waals surface area (Å²) in [5.74, 6) is 0.447. The molecule has 0 saturated heterocycles. The zero-order chi connectivity index (χ0) is 28.2. The molecule has 0 bridgehead atoms. The van der Waals surface area contributed by atoms with E-state index < -0.39 is 23.3 Å². The number of anilines is 1. The van der Waals surface area contributed by atoms with Crippen LogP contribution < -0.4 is 10.1 Å². The molecule has 1 fully saturated rings. The van der Waals surface area contributed by atoms with E-state index in [-0.39, 0.29) is 31.3 Å². The molecule has 4 rings (SSSR count). The van der Waals surface area contributed by atoms with Crippen LogP contribution in [0.5, 0.6) is 5.75 Å². The third kappa shape index (κ3) is 7.34. The van der Waals surface area contributed by atoms with Crippen LogP contribution in [0.25, 0.3) is 11.4 Å². The largest absolute Gasteiger partial charge is 0.476 e. The lowest BCUT2D eigenvalue weighted by Crippen LogP contribution is -2.39. The Morgan fingerprint density at radius 3 is 2.44 bits per heavy atom. The van der Waals surface area contributed by atoms with Crippen LogP contribution in [0.1, 0.15) is 56.4 Å². The number of alkyl halides is 3. The van der Waals surface area contributed by atoms with Crippen molar-refractivity contribution in [2.75, 3.05) is 18.5 Å². The molecule has 1 aliphatic carbocycles. The molecular weight excluding hydrogens is 511 g/mol. The van der Waals surface area contributed by atoms with Gasteiger partial charge in [0.25, 0.3) is 0 Å². The third-order valence-electron chi connectivity index (χ3n) is 6.18. The second-order valence-electron chi connectivity index (χ2n) is 9.88. The number of Topliss-reactive ketones (excluding diaryl/α,β-unsaturated/α-hetero) is 1. The molecule has 1 aromatic heterocycles. The second-order valence-corrected chi connectivity index (χ2v) is 9.88. The van der Waals surface area contributed by atoms with Gasteiger partial charge in [0.15, 0.2) is 17.2 Å². The monoisotopic (exact) mass is 541 g/mol. The quantitative estimate of drug-likeness (QED) is 0.299. The van der Waals surface area contributed by atoms with Crippen LogP contribution in [-0.2, 0) is 26.9 Å². The number of hydrogen-bond acceptors (Lipinski definition) is 7. The van der Waals surface area contributed by atoms with E-state index in [1.807, 2.05) is 0 Å². The van der Waals surface area contributed by atoms with Crippen LogP contribution in [0.15, 0.2) is 54.7 Å². The Bertz CT molecular complexity index is 1340. The van der Waals surface area contributed by atoms with Crippen LogP contribution in [-0.4, -0.2) is 40.5 Å². The van der Waals surface area contributed by atoms with Crippen molar-refractivity contribution in [3.8, 4) is 17.1 Å². The molecule has 0 aliphatic heterocycles. The molecule has 1 N–H and O–H groups in total. The van der Waals surface area contributed by atoms with Gasteiger partial charge in [-0.25, -0.2) is 14.8 Å². The molecule has 39 heavy (non-hydrogen) atoms. The standard InChI is InChI=1S/C29H30F3N3O4/c1-4-38-27(37)28(2,3)39-24-7-5-6-22(15-24)33-17-23(36)14-20-16-34-26(35-25(20)18-8-9-18)19-10-12-21(13-11-19)29(30,31)32/h5-7,10-13,15-16,18,33H,4,8-9,14,17H2,1-3H3. The minimum Gasteiger partial charge on any atom is -0.476 e. The van der Waals surface area contributed by atoms with Crippen molar-refractivity contribution in [3.63, 3.8) is 0 Å². The van der Waals surface area contributed by atoms with Gasteiger partial charge >= 0.3 is 12.1 Å². The zero-order valence-electron chi connectivity index (χ0n) is 22.0. The number of esters is 1. The van der Waals surface area contributed by atoms with Gasteiger partial charge in [-0.2, -0.15) is 13.2 Å². The highest BCUT2D eigenvalue weighted by molar-refractivity contribution is 5.85. The van der Waals surface area contributed by atoms with E-state index in [9.17, 15) is 22.8 Å². The number of benzene rings is 2. The number of ketones is 1. The first kappa shape index (κ1) is 28.1. The molecule has 0 spiro atoms. The average molecular weight is 542 g/mol. The number of nitrogens with one attached hydrogen (secondary N) is 1. The Balaban J connectivity index is 1.40. The van der Waals surface area contributed by atoms with Crippen molar-refractivity contribution in [1.82, 2.24) is 9.97 Å². The number of halogens is 3. The molecule has 0 unspecified atom stereocenters. The molecule has 206 valence electrons. The lowest BCUT2D eigenvalue weighted by molar-refractivity contribution is -0.158. The highest BCUT2D eigenvalue weighted by atomic mass is 19.4. The summed E-state index contributed by atoms with van der Waals surface area (Å²) in [5.41, 5.74) is 0.715. The van der Waals surface area contributed by atoms with Gasteiger partial charge < -0.3 is 14.8 Å². The second kappa shape index (κ2) is 11.4. The van der Waals surface area contributed by atoms with E-state index in [1.165, 1.54) is 12.1 Å². The SMILES string of the molecule is CCOC(=O)C(C)(C)Oc1cccc(NCC(=O)Cc2cnc(-c3ccc(C(F)(F)F)cc3)nc2C2CC2)c1. The summed E-state index contributed by atoms with van der Waals surface area (Å²) < 4.78 is 49.5. The van der Waals surface area contributed by atoms with Crippen molar-refractivity contribution in [2.24, 2.45) is 0 Å². The lowest BCUT2D eigenvalue weighted by atomic mass is 10.0. The number of aromatic nitrogens is 2. The molecule has 0 atom stereocenters. The molecule has 1 aliphatic rings. The maximum Gasteiger partial charge on any atom is 0.416 e. The number of ether oxygens (including phenoxy) is 2. The minimum absolute atomic E-state index is 0.0511. The summed E-state index contributed by atoms with van der Waals surface area (Å²) in [5, 5.41) is 3.09. The molecular formula is C29H30F3N3O4. The summed E-state index contributed by atoms with van der Waals surface area (Å²) in [7, 11) is 0. The van der Waals surface area contributed by atoms with Gasteiger partial charge in [-0.1, -0.05) is 18.2 Å². The topological polar surface area (TPSA) is 90.4 Å². The molecule has 2 aromatic carbocycles. The van der Waals surface area contributed by atoms with E-state index >= 15 is 0 Å². The van der Waals surface area contributed by atoms with Gasteiger partial charge in [-0.05, 0) is 63.4 Å². The number of carbonyl (C=O) groups excluding carboxylic acids is 2. The predicted octanol–water partition coefficient (Wildman–Crippen LogP) is 5.98. The van der Waals surface area contributed by atoms with E-state index in [0.29, 0.717) is 28.4 Å². The maximum atomic E-state index is 12.9. The Labute approximate surface area is 224 Å². The molecule has 7 nitrogen and oxygen atoms in total. The minimum atomic E-state index is -4.41. The highest BCUT2D eigenvalue weighted by Crippen LogP contribution is 2.41. The summed E-state index contributed by atoms with van der Waals surface area (Å²) in [6.45, 7) is 5.27. The summed E-state index contributed by atoms with van der Waals surface area (Å²) >= 11 is 0. The van der Waals surface area contributed by atoms with E-state index in [1.54, 1.807) is 51.2 Å². The zero-order valence-corrected chi connectivity index (χ0v) is 22.0. The van der Waals surface area contributed by atoms with Crippen LogP contribution >= 0.6 is 0 Å². The van der Waals surface area contributed by atoms with E-state index in [0.717, 1.165) is 30.7 Å². The number of rotatable bonds is 11. The Morgan fingerprint density at radius 1 is 1.08 bits per heavy atom. The van der Waals surface area contributed by atoms with Crippen LogP contribution in [0, 0.1) is 0 Å². The van der Waals surface area contributed by atoms with Crippen molar-refractivity contribution >= 4 is 17.4 Å². The highest BCUT2D eigenvalue weighted by Gasteiger charge is 2.32. The average Bonchev–Trinajstić information content (AvgIpc) is 3.73. The number of hydrogen-bond donors (Lipinski definition) is 1. The first-order valence-corrected chi connectivity index (χ1v) is 12.7. The Hall–Kier alpha value is -3.95. The smallest absolute Gasteiger partial charge is 0.416 e. The van der Waals surface area contributed by atoms with Crippen molar-refractivity contribution in [3.05, 3.63) is 71.5 Å². The van der Waals surface area contributed by atoms with E-state index in [2.05, 4.69) is 15.3 Å². The fraction of sp³-hybridized carbons (Fsp3) is 0.379. The van der Waals surface area contributed by atoms with Gasteiger partial charge in [0.2, 0.25) is 0 Å². The fourth-order valence-electron chi connectivity index (χ4n) is 4.00. The molecule has 10 heteroatoms. The van der Waals surface area contributed by atoms with Crippen LogP contribution in [0.4, 0.5) is 18.9 Å². The third-order valence-corrected chi connectivity index (χ3v) is 6.18. The summed E-state index contributed by atoms with van der Waals surface area (Å²) in [6.07, 6.45) is -0.810. The van der Waals surface area contributed by atoms with Gasteiger partial charge in [0.1, 0.15) is 5.75 Å². The summed E-state index contributed by atoms with van der Waals surface area (Å²) in [6, 6.07) is 11.7. The van der Waals surface area contributed by atoms with Gasteiger partial charge in [0, 0.05) is 35.9 Å². The molecule has 0 radical (unpaired) electrons. The van der Waals surface area contributed by atoms with Crippen molar-refractivity contribution < 1.29 is 32.2 Å². The molecule has 1 heterocycles. The van der Waals surface area contributed by atoms with Gasteiger partial charge in [0.05, 0.1) is 24.4 Å². The van der Waals surface area contributed by atoms with Gasteiger partial charge in [-0.15, -0.1) is 0 Å². The van der Waals surface area contributed by atoms with Crippen LogP contribution in [0.3, 0.4) is 0 Å². The molecule has 1 saturated carbocycles. The number of carbonyl (C=O) groups is 2. The predicted molar refractivity (Wildman–Crippen MR) is 139 cm³/mol. The first-order valence-electron chi connectivity index (χ1n) is 12.7. The maximum absolute atomic E-state index is 12.9. The fourth-order valence-corrected chi connectivity index (χ4v) is 4.00.